The van der Waals surface area contributed by atoms with Gasteiger partial charge in [0.1, 0.15) is 13.2 Å². The van der Waals surface area contributed by atoms with Gasteiger partial charge in [-0.2, -0.15) is 0 Å². The van der Waals surface area contributed by atoms with Gasteiger partial charge in [0.05, 0.1) is 0 Å². The third-order valence-electron chi connectivity index (χ3n) is 13.3. The second kappa shape index (κ2) is 59.4. The van der Waals surface area contributed by atoms with Crippen molar-refractivity contribution in [2.45, 2.75) is 309 Å². The number of rotatable bonds is 55. The highest BCUT2D eigenvalue weighted by Crippen LogP contribution is 2.16. The summed E-state index contributed by atoms with van der Waals surface area (Å²) in [6, 6.07) is 0. The molecule has 0 N–H and O–H groups in total. The fraction of sp³-hybridized carbons (Fsp3) is 0.769. The van der Waals surface area contributed by atoms with Crippen LogP contribution in [0.15, 0.2) is 72.9 Å². The van der Waals surface area contributed by atoms with Crippen molar-refractivity contribution in [1.82, 2.24) is 0 Å². The van der Waals surface area contributed by atoms with Gasteiger partial charge in [0.2, 0.25) is 0 Å². The monoisotopic (exact) mass is 991 g/mol. The van der Waals surface area contributed by atoms with Gasteiger partial charge >= 0.3 is 17.9 Å². The van der Waals surface area contributed by atoms with Crippen LogP contribution in [0.5, 0.6) is 0 Å². The molecule has 0 aromatic heterocycles. The van der Waals surface area contributed by atoms with Crippen molar-refractivity contribution in [3.05, 3.63) is 72.9 Å². The zero-order valence-electron chi connectivity index (χ0n) is 47.0. The van der Waals surface area contributed by atoms with Crippen LogP contribution in [0.4, 0.5) is 0 Å². The van der Waals surface area contributed by atoms with E-state index in [1.54, 1.807) is 0 Å². The lowest BCUT2D eigenvalue weighted by molar-refractivity contribution is -0.167. The third-order valence-corrected chi connectivity index (χ3v) is 13.3. The first-order valence-electron chi connectivity index (χ1n) is 30.5. The largest absolute Gasteiger partial charge is 0.462 e. The minimum atomic E-state index is -0.798. The van der Waals surface area contributed by atoms with Crippen molar-refractivity contribution in [3.63, 3.8) is 0 Å². The smallest absolute Gasteiger partial charge is 0.306 e. The third kappa shape index (κ3) is 57.6. The molecule has 0 fully saturated rings. The Morgan fingerprint density at radius 2 is 0.507 bits per heavy atom. The number of hydrogen-bond acceptors (Lipinski definition) is 6. The highest BCUT2D eigenvalue weighted by atomic mass is 16.6. The van der Waals surface area contributed by atoms with E-state index in [9.17, 15) is 14.4 Å². The van der Waals surface area contributed by atoms with Crippen LogP contribution in [-0.2, 0) is 28.6 Å². The van der Waals surface area contributed by atoms with Gasteiger partial charge in [-0.05, 0) is 70.6 Å². The van der Waals surface area contributed by atoms with Gasteiger partial charge in [0.25, 0.3) is 0 Å². The maximum atomic E-state index is 12.9. The molecular weight excluding hydrogens is 877 g/mol. The Bertz CT molecular complexity index is 1320. The standard InChI is InChI=1S/C65H114O6/c1-4-7-10-13-16-19-22-25-28-31-33-35-37-40-43-46-49-52-55-58-64(67)70-61-62(60-69-63(66)57-54-51-48-45-42-39-36-30-27-24-21-18-15-12-9-6-3)71-65(68)59-56-53-50-47-44-41-38-34-32-29-26-23-20-17-14-11-8-5-2/h17,20,23,26,29-30,32,34,36,38-39,42,62H,4-16,18-19,21-22,24-25,27-28,31,33,35,37,40-41,43-61H2,1-3H3/b20-17-,26-23-,32-29-,36-30-,38-34-,42-39-. The normalized spacial score (nSPS) is 12.5. The van der Waals surface area contributed by atoms with Gasteiger partial charge in [0.15, 0.2) is 6.10 Å². The fourth-order valence-electron chi connectivity index (χ4n) is 8.68. The first-order valence-corrected chi connectivity index (χ1v) is 30.5. The summed E-state index contributed by atoms with van der Waals surface area (Å²) < 4.78 is 16.9. The second-order valence-electron chi connectivity index (χ2n) is 20.4. The summed E-state index contributed by atoms with van der Waals surface area (Å²) in [7, 11) is 0. The SMILES string of the molecule is CCCCC\C=C/C=C\C=C/C=C\CCCCCCCC(=O)OC(COC(=O)CCCCC/C=C\C=C/CCCCCCCCC)COC(=O)CCCCCCCCCCCCCCCCCCCCC. The molecule has 0 saturated heterocycles. The Kier molecular flexibility index (Phi) is 56.8. The number of allylic oxidation sites excluding steroid dienone is 12. The van der Waals surface area contributed by atoms with Gasteiger partial charge < -0.3 is 14.2 Å². The van der Waals surface area contributed by atoms with Crippen molar-refractivity contribution in [2.24, 2.45) is 0 Å². The van der Waals surface area contributed by atoms with Crippen LogP contribution in [0.2, 0.25) is 0 Å². The van der Waals surface area contributed by atoms with Crippen LogP contribution in [-0.4, -0.2) is 37.2 Å². The molecule has 0 aromatic carbocycles. The lowest BCUT2D eigenvalue weighted by Gasteiger charge is -2.18. The number of carbonyl (C=O) groups is 3. The summed E-state index contributed by atoms with van der Waals surface area (Å²) in [5.41, 5.74) is 0. The molecule has 0 bridgehead atoms. The summed E-state index contributed by atoms with van der Waals surface area (Å²) in [5, 5.41) is 0. The molecular formula is C65H114O6. The Labute approximate surface area is 440 Å². The molecule has 0 aliphatic carbocycles. The van der Waals surface area contributed by atoms with Crippen molar-refractivity contribution in [1.29, 1.82) is 0 Å². The van der Waals surface area contributed by atoms with Crippen LogP contribution in [0.3, 0.4) is 0 Å². The fourth-order valence-corrected chi connectivity index (χ4v) is 8.68. The highest BCUT2D eigenvalue weighted by molar-refractivity contribution is 5.71. The van der Waals surface area contributed by atoms with E-state index in [1.165, 1.54) is 167 Å². The number of hydrogen-bond donors (Lipinski definition) is 0. The number of unbranched alkanes of at least 4 members (excludes halogenated alkanes) is 36. The average molecular weight is 992 g/mol. The molecule has 0 rings (SSSR count). The van der Waals surface area contributed by atoms with Crippen LogP contribution < -0.4 is 0 Å². The lowest BCUT2D eigenvalue weighted by atomic mass is 10.0. The summed E-state index contributed by atoms with van der Waals surface area (Å²) in [4.78, 5) is 38.2. The van der Waals surface area contributed by atoms with Crippen LogP contribution in [0, 0.1) is 0 Å². The van der Waals surface area contributed by atoms with Crippen LogP contribution >= 0.6 is 0 Å². The quantitative estimate of drug-likeness (QED) is 0.0261. The zero-order valence-corrected chi connectivity index (χ0v) is 47.0. The van der Waals surface area contributed by atoms with Crippen molar-refractivity contribution in [3.8, 4) is 0 Å². The van der Waals surface area contributed by atoms with Crippen LogP contribution in [0.1, 0.15) is 303 Å². The maximum absolute atomic E-state index is 12.9. The number of esters is 3. The van der Waals surface area contributed by atoms with E-state index in [2.05, 4.69) is 93.7 Å². The Hall–Kier alpha value is -3.15. The van der Waals surface area contributed by atoms with Gasteiger partial charge in [-0.3, -0.25) is 14.4 Å². The van der Waals surface area contributed by atoms with Crippen LogP contribution in [0.25, 0.3) is 0 Å². The van der Waals surface area contributed by atoms with Gasteiger partial charge in [-0.15, -0.1) is 0 Å². The molecule has 0 aliphatic rings. The molecule has 0 saturated carbocycles. The Balaban J connectivity index is 4.44. The molecule has 6 heteroatoms. The van der Waals surface area contributed by atoms with E-state index in [4.69, 9.17) is 14.2 Å². The van der Waals surface area contributed by atoms with Crippen molar-refractivity contribution < 1.29 is 28.6 Å². The summed E-state index contributed by atoms with van der Waals surface area (Å²) in [6.07, 6.45) is 76.1. The topological polar surface area (TPSA) is 78.9 Å². The lowest BCUT2D eigenvalue weighted by Crippen LogP contribution is -2.30. The number of carbonyl (C=O) groups excluding carboxylic acids is 3. The molecule has 71 heavy (non-hydrogen) atoms. The summed E-state index contributed by atoms with van der Waals surface area (Å²) in [6.45, 7) is 6.59. The van der Waals surface area contributed by atoms with E-state index in [0.717, 1.165) is 96.3 Å². The predicted octanol–water partition coefficient (Wildman–Crippen LogP) is 20.5. The predicted molar refractivity (Wildman–Crippen MR) is 307 cm³/mol. The molecule has 0 heterocycles. The number of ether oxygens (including phenoxy) is 3. The van der Waals surface area contributed by atoms with E-state index in [0.29, 0.717) is 19.3 Å². The van der Waals surface area contributed by atoms with Crippen molar-refractivity contribution in [2.75, 3.05) is 13.2 Å². The highest BCUT2D eigenvalue weighted by Gasteiger charge is 2.19. The zero-order chi connectivity index (χ0) is 51.4. The minimum Gasteiger partial charge on any atom is -0.462 e. The Morgan fingerprint density at radius 1 is 0.282 bits per heavy atom. The molecule has 0 spiro atoms. The van der Waals surface area contributed by atoms with E-state index in [1.807, 2.05) is 0 Å². The first kappa shape index (κ1) is 67.8. The average Bonchev–Trinajstić information content (AvgIpc) is 3.37. The molecule has 410 valence electrons. The molecule has 1 atom stereocenters. The minimum absolute atomic E-state index is 0.0913. The first-order chi connectivity index (χ1) is 35.0. The molecule has 0 radical (unpaired) electrons. The Morgan fingerprint density at radius 3 is 0.845 bits per heavy atom. The van der Waals surface area contributed by atoms with E-state index < -0.39 is 6.10 Å². The molecule has 6 nitrogen and oxygen atoms in total. The molecule has 0 aromatic rings. The molecule has 1 unspecified atom stereocenters. The van der Waals surface area contributed by atoms with E-state index in [-0.39, 0.29) is 31.1 Å². The van der Waals surface area contributed by atoms with Gasteiger partial charge in [0, 0.05) is 19.3 Å². The molecule has 0 aliphatic heterocycles. The van der Waals surface area contributed by atoms with Gasteiger partial charge in [-0.1, -0.05) is 286 Å². The van der Waals surface area contributed by atoms with E-state index >= 15 is 0 Å². The summed E-state index contributed by atoms with van der Waals surface area (Å²) in [5.74, 6) is -0.929. The maximum Gasteiger partial charge on any atom is 0.306 e. The van der Waals surface area contributed by atoms with Crippen molar-refractivity contribution >= 4 is 17.9 Å². The van der Waals surface area contributed by atoms with Gasteiger partial charge in [-0.25, -0.2) is 0 Å². The molecule has 0 amide bonds. The second-order valence-corrected chi connectivity index (χ2v) is 20.4. The summed E-state index contributed by atoms with van der Waals surface area (Å²) >= 11 is 0.